The normalized spacial score (nSPS) is 15.1. The number of nitrogens with zero attached hydrogens (tertiary/aromatic N) is 3. The highest BCUT2D eigenvalue weighted by Crippen LogP contribution is 2.54. The zero-order valence-corrected chi connectivity index (χ0v) is 30.0. The first-order valence-electron chi connectivity index (χ1n) is 17.2. The number of aryl methyl sites for hydroxylation is 1. The SMILES string of the molecule is Cc1cccc(C(C)C)c1-c1ccnc(-c2cc(-c3cccc4c3nc3n4C(C)(C)C(C)(C)c4cccc(O)c4-3)cc(C(C)(C)C)c2)c1. The van der Waals surface area contributed by atoms with E-state index in [2.05, 4.69) is 147 Å². The van der Waals surface area contributed by atoms with Crippen molar-refractivity contribution in [3.8, 4) is 50.6 Å². The fourth-order valence-electron chi connectivity index (χ4n) is 7.64. The van der Waals surface area contributed by atoms with E-state index in [0.717, 1.165) is 50.4 Å². The van der Waals surface area contributed by atoms with Gasteiger partial charge in [-0.1, -0.05) is 97.0 Å². The van der Waals surface area contributed by atoms with E-state index in [4.69, 9.17) is 9.97 Å². The number of aromatic hydroxyl groups is 1. The quantitative estimate of drug-likeness (QED) is 0.210. The number of para-hydroxylation sites is 1. The molecule has 0 fully saturated rings. The van der Waals surface area contributed by atoms with Crippen molar-refractivity contribution in [2.75, 3.05) is 0 Å². The van der Waals surface area contributed by atoms with E-state index in [1.165, 1.54) is 27.8 Å². The Labute approximate surface area is 285 Å². The molecular formula is C44H47N3O. The Hall–Kier alpha value is -4.70. The van der Waals surface area contributed by atoms with Gasteiger partial charge in [0.05, 0.1) is 27.8 Å². The van der Waals surface area contributed by atoms with Crippen molar-refractivity contribution < 1.29 is 5.11 Å². The first-order chi connectivity index (χ1) is 22.6. The lowest BCUT2D eigenvalue weighted by atomic mass is 9.65. The summed E-state index contributed by atoms with van der Waals surface area (Å²) in [6.07, 6.45) is 1.95. The number of hydrogen-bond donors (Lipinski definition) is 1. The summed E-state index contributed by atoms with van der Waals surface area (Å²) in [6, 6.07) is 30.2. The van der Waals surface area contributed by atoms with Crippen LogP contribution in [0.5, 0.6) is 5.75 Å². The Bertz CT molecular complexity index is 2230. The van der Waals surface area contributed by atoms with Crippen LogP contribution in [0.15, 0.2) is 91.1 Å². The van der Waals surface area contributed by atoms with Crippen LogP contribution in [0.25, 0.3) is 55.9 Å². The molecule has 0 saturated carbocycles. The molecule has 4 aromatic carbocycles. The van der Waals surface area contributed by atoms with Crippen LogP contribution in [-0.2, 0) is 16.4 Å². The number of phenols is 1. The van der Waals surface area contributed by atoms with Gasteiger partial charge in [0.15, 0.2) is 0 Å². The van der Waals surface area contributed by atoms with E-state index >= 15 is 0 Å². The van der Waals surface area contributed by atoms with Crippen LogP contribution in [0.1, 0.15) is 90.5 Å². The predicted molar refractivity (Wildman–Crippen MR) is 201 cm³/mol. The lowest BCUT2D eigenvalue weighted by molar-refractivity contribution is 0.201. The molecule has 48 heavy (non-hydrogen) atoms. The Morgan fingerprint density at radius 2 is 1.48 bits per heavy atom. The zero-order chi connectivity index (χ0) is 34.3. The number of phenolic OH excluding ortho intramolecular Hbond substituents is 1. The third-order valence-electron chi connectivity index (χ3n) is 11.1. The maximum atomic E-state index is 11.2. The van der Waals surface area contributed by atoms with Crippen molar-refractivity contribution >= 4 is 11.0 Å². The number of hydrogen-bond acceptors (Lipinski definition) is 3. The van der Waals surface area contributed by atoms with Crippen LogP contribution in [-0.4, -0.2) is 19.6 Å². The Kier molecular flexibility index (Phi) is 7.25. The van der Waals surface area contributed by atoms with Crippen molar-refractivity contribution in [1.82, 2.24) is 14.5 Å². The number of rotatable bonds is 4. The molecule has 2 aromatic heterocycles. The second-order valence-corrected chi connectivity index (χ2v) is 16.0. The molecule has 0 bridgehead atoms. The van der Waals surface area contributed by atoms with E-state index in [-0.39, 0.29) is 22.1 Å². The average molecular weight is 634 g/mol. The average Bonchev–Trinajstić information content (AvgIpc) is 3.44. The summed E-state index contributed by atoms with van der Waals surface area (Å²) in [5, 5.41) is 11.2. The zero-order valence-electron chi connectivity index (χ0n) is 30.0. The fourth-order valence-corrected chi connectivity index (χ4v) is 7.64. The van der Waals surface area contributed by atoms with Gasteiger partial charge in [-0.2, -0.15) is 0 Å². The minimum atomic E-state index is -0.302. The van der Waals surface area contributed by atoms with Crippen molar-refractivity contribution in [2.24, 2.45) is 0 Å². The van der Waals surface area contributed by atoms with E-state index in [1.807, 2.05) is 12.3 Å². The summed E-state index contributed by atoms with van der Waals surface area (Å²) >= 11 is 0. The Balaban J connectivity index is 1.46. The molecule has 0 atom stereocenters. The second kappa shape index (κ2) is 10.9. The summed E-state index contributed by atoms with van der Waals surface area (Å²) < 4.78 is 2.35. The van der Waals surface area contributed by atoms with Gasteiger partial charge in [-0.15, -0.1) is 0 Å². The van der Waals surface area contributed by atoms with E-state index in [1.54, 1.807) is 6.07 Å². The smallest absolute Gasteiger partial charge is 0.145 e. The first-order valence-corrected chi connectivity index (χ1v) is 17.2. The molecule has 4 nitrogen and oxygen atoms in total. The molecule has 0 radical (unpaired) electrons. The highest BCUT2D eigenvalue weighted by Gasteiger charge is 2.48. The van der Waals surface area contributed by atoms with Crippen molar-refractivity contribution in [3.63, 3.8) is 0 Å². The van der Waals surface area contributed by atoms with Crippen LogP contribution in [0.3, 0.4) is 0 Å². The minimum Gasteiger partial charge on any atom is -0.507 e. The van der Waals surface area contributed by atoms with E-state index in [9.17, 15) is 5.11 Å². The number of benzene rings is 4. The van der Waals surface area contributed by atoms with Gasteiger partial charge in [-0.05, 0) is 107 Å². The fraction of sp³-hybridized carbons (Fsp3) is 0.318. The van der Waals surface area contributed by atoms with Gasteiger partial charge in [-0.25, -0.2) is 4.98 Å². The van der Waals surface area contributed by atoms with Gasteiger partial charge < -0.3 is 9.67 Å². The molecule has 3 heterocycles. The summed E-state index contributed by atoms with van der Waals surface area (Å²) in [6.45, 7) is 22.6. The van der Waals surface area contributed by atoms with E-state index in [0.29, 0.717) is 5.92 Å². The molecule has 0 saturated heterocycles. The summed E-state index contributed by atoms with van der Waals surface area (Å²) in [5.41, 5.74) is 13.9. The molecule has 1 aliphatic rings. The molecule has 7 rings (SSSR count). The van der Waals surface area contributed by atoms with Gasteiger partial charge in [0.25, 0.3) is 0 Å². The van der Waals surface area contributed by atoms with Crippen LogP contribution in [0.4, 0.5) is 0 Å². The maximum absolute atomic E-state index is 11.2. The molecule has 0 spiro atoms. The highest BCUT2D eigenvalue weighted by atomic mass is 16.3. The van der Waals surface area contributed by atoms with Crippen molar-refractivity contribution in [2.45, 2.75) is 91.5 Å². The standard InChI is InChI=1S/C44H47N3O/c1-26(2)32-15-11-14-27(3)38(32)28-20-21-45-35(25-28)30-22-29(23-31(24-30)42(4,5)6)33-16-12-18-36-40(33)46-41-39-34(17-13-19-37(39)48)43(7,8)44(9,10)47(36)41/h11-26,48H,1-10H3. The van der Waals surface area contributed by atoms with Gasteiger partial charge in [0.1, 0.15) is 11.6 Å². The number of imidazole rings is 1. The number of pyridine rings is 1. The topological polar surface area (TPSA) is 50.9 Å². The Morgan fingerprint density at radius 3 is 2.21 bits per heavy atom. The van der Waals surface area contributed by atoms with Crippen molar-refractivity contribution in [3.05, 3.63) is 113 Å². The molecule has 6 aromatic rings. The van der Waals surface area contributed by atoms with Crippen molar-refractivity contribution in [1.29, 1.82) is 0 Å². The predicted octanol–water partition coefficient (Wildman–Crippen LogP) is 11.6. The van der Waals surface area contributed by atoms with Crippen LogP contribution in [0.2, 0.25) is 0 Å². The molecule has 0 amide bonds. The lowest BCUT2D eigenvalue weighted by Gasteiger charge is -2.48. The van der Waals surface area contributed by atoms with Crippen LogP contribution < -0.4 is 0 Å². The minimum absolute atomic E-state index is 0.0821. The monoisotopic (exact) mass is 633 g/mol. The largest absolute Gasteiger partial charge is 0.507 e. The summed E-state index contributed by atoms with van der Waals surface area (Å²) in [4.78, 5) is 10.3. The first kappa shape index (κ1) is 31.9. The van der Waals surface area contributed by atoms with Gasteiger partial charge >= 0.3 is 0 Å². The third-order valence-corrected chi connectivity index (χ3v) is 11.1. The van der Waals surface area contributed by atoms with Crippen LogP contribution >= 0.6 is 0 Å². The summed E-state index contributed by atoms with van der Waals surface area (Å²) in [7, 11) is 0. The van der Waals surface area contributed by atoms with Gasteiger partial charge in [-0.3, -0.25) is 4.98 Å². The third kappa shape index (κ3) is 4.79. The second-order valence-electron chi connectivity index (χ2n) is 16.0. The molecule has 244 valence electrons. The highest BCUT2D eigenvalue weighted by molar-refractivity contribution is 5.97. The lowest BCUT2D eigenvalue weighted by Crippen LogP contribution is -2.48. The maximum Gasteiger partial charge on any atom is 0.145 e. The molecule has 0 aliphatic carbocycles. The van der Waals surface area contributed by atoms with Crippen LogP contribution in [0, 0.1) is 6.92 Å². The van der Waals surface area contributed by atoms with E-state index < -0.39 is 0 Å². The molecule has 0 unspecified atom stereocenters. The molecular weight excluding hydrogens is 587 g/mol. The molecule has 4 heteroatoms. The number of fused-ring (bicyclic) bond motifs is 5. The summed E-state index contributed by atoms with van der Waals surface area (Å²) in [5.74, 6) is 1.50. The van der Waals surface area contributed by atoms with Gasteiger partial charge in [0.2, 0.25) is 0 Å². The van der Waals surface area contributed by atoms with Gasteiger partial charge in [0, 0.05) is 22.7 Å². The molecule has 1 aliphatic heterocycles. The molecule has 1 N–H and O–H groups in total. The Morgan fingerprint density at radius 1 is 0.771 bits per heavy atom. The number of aromatic nitrogens is 3.